The zero-order chi connectivity index (χ0) is 14.5. The molecule has 1 N–H and O–H groups in total. The first-order chi connectivity index (χ1) is 9.60. The summed E-state index contributed by atoms with van der Waals surface area (Å²) in [5, 5.41) is 7.64. The lowest BCUT2D eigenvalue weighted by Crippen LogP contribution is -2.20. The maximum Gasteiger partial charge on any atom is 0.0539 e. The fourth-order valence-corrected chi connectivity index (χ4v) is 2.40. The normalized spacial score (nSPS) is 10.8. The monoisotopic (exact) mass is 272 g/mol. The zero-order valence-electron chi connectivity index (χ0n) is 12.8. The van der Waals surface area contributed by atoms with Crippen molar-refractivity contribution in [2.24, 2.45) is 7.05 Å². The molecule has 0 fully saturated rings. The molecule has 0 saturated carbocycles. The Morgan fingerprint density at radius 1 is 1.35 bits per heavy atom. The van der Waals surface area contributed by atoms with Crippen LogP contribution >= 0.6 is 0 Å². The average Bonchev–Trinajstić information content (AvgIpc) is 2.81. The number of anilines is 1. The van der Waals surface area contributed by atoms with Gasteiger partial charge in [0.1, 0.15) is 0 Å². The third-order valence-corrected chi connectivity index (χ3v) is 3.39. The first-order valence-electron chi connectivity index (χ1n) is 7.09. The Labute approximate surface area is 121 Å². The van der Waals surface area contributed by atoms with Gasteiger partial charge in [-0.2, -0.15) is 5.10 Å². The molecule has 0 saturated heterocycles. The van der Waals surface area contributed by atoms with E-state index in [1.165, 1.54) is 22.4 Å². The summed E-state index contributed by atoms with van der Waals surface area (Å²) < 4.78 is 1.85. The molecule has 0 aliphatic rings. The maximum absolute atomic E-state index is 4.23. The molecule has 0 aliphatic carbocycles. The van der Waals surface area contributed by atoms with Crippen LogP contribution in [0.25, 0.3) is 0 Å². The van der Waals surface area contributed by atoms with E-state index in [0.29, 0.717) is 0 Å². The predicted molar refractivity (Wildman–Crippen MR) is 83.9 cm³/mol. The molecule has 0 amide bonds. The van der Waals surface area contributed by atoms with Crippen LogP contribution in [0, 0.1) is 6.92 Å². The van der Waals surface area contributed by atoms with E-state index in [4.69, 9.17) is 0 Å². The highest BCUT2D eigenvalue weighted by atomic mass is 15.2. The van der Waals surface area contributed by atoms with E-state index < -0.39 is 0 Å². The molecule has 2 aromatic rings. The van der Waals surface area contributed by atoms with Crippen molar-refractivity contribution in [1.82, 2.24) is 15.1 Å². The van der Waals surface area contributed by atoms with Gasteiger partial charge in [0.15, 0.2) is 0 Å². The molecule has 1 aromatic heterocycles. The van der Waals surface area contributed by atoms with Gasteiger partial charge in [0.2, 0.25) is 0 Å². The highest BCUT2D eigenvalue weighted by molar-refractivity contribution is 5.54. The van der Waals surface area contributed by atoms with Crippen molar-refractivity contribution in [1.29, 1.82) is 0 Å². The fraction of sp³-hybridized carbons (Fsp3) is 0.438. The highest BCUT2D eigenvalue weighted by Gasteiger charge is 2.09. The van der Waals surface area contributed by atoms with Crippen LogP contribution in [0.1, 0.15) is 23.6 Å². The van der Waals surface area contributed by atoms with Crippen LogP contribution in [0.5, 0.6) is 0 Å². The summed E-state index contributed by atoms with van der Waals surface area (Å²) in [5.41, 5.74) is 5.15. The first-order valence-corrected chi connectivity index (χ1v) is 7.09. The Balaban J connectivity index is 2.17. The lowest BCUT2D eigenvalue weighted by Gasteiger charge is -2.22. The van der Waals surface area contributed by atoms with Gasteiger partial charge >= 0.3 is 0 Å². The quantitative estimate of drug-likeness (QED) is 0.877. The third kappa shape index (κ3) is 3.61. The number of hydrogen-bond donors (Lipinski definition) is 1. The Morgan fingerprint density at radius 2 is 2.15 bits per heavy atom. The lowest BCUT2D eigenvalue weighted by molar-refractivity contribution is 0.722. The van der Waals surface area contributed by atoms with Gasteiger partial charge in [-0.05, 0) is 25.1 Å². The largest absolute Gasteiger partial charge is 0.370 e. The van der Waals surface area contributed by atoms with Crippen molar-refractivity contribution < 1.29 is 0 Å². The number of aryl methyl sites for hydroxylation is 2. The first kappa shape index (κ1) is 14.6. The molecule has 108 valence electrons. The van der Waals surface area contributed by atoms with Gasteiger partial charge < -0.3 is 10.2 Å². The Hall–Kier alpha value is -1.81. The molecule has 0 spiro atoms. The van der Waals surface area contributed by atoms with E-state index in [-0.39, 0.29) is 0 Å². The van der Waals surface area contributed by atoms with Crippen molar-refractivity contribution >= 4 is 5.69 Å². The molecule has 0 radical (unpaired) electrons. The summed E-state index contributed by atoms with van der Waals surface area (Å²) >= 11 is 0. The number of rotatable bonds is 6. The van der Waals surface area contributed by atoms with Crippen molar-refractivity contribution in [3.8, 4) is 0 Å². The van der Waals surface area contributed by atoms with Gasteiger partial charge in [0.05, 0.1) is 6.20 Å². The average molecular weight is 272 g/mol. The summed E-state index contributed by atoms with van der Waals surface area (Å²) in [7, 11) is 4.08. The molecule has 0 bridgehead atoms. The van der Waals surface area contributed by atoms with Crippen molar-refractivity contribution in [2.45, 2.75) is 26.9 Å². The van der Waals surface area contributed by atoms with Crippen LogP contribution < -0.4 is 10.2 Å². The minimum Gasteiger partial charge on any atom is -0.370 e. The van der Waals surface area contributed by atoms with Gasteiger partial charge in [0.25, 0.3) is 0 Å². The molecular weight excluding hydrogens is 248 g/mol. The minimum absolute atomic E-state index is 0.871. The van der Waals surface area contributed by atoms with Gasteiger partial charge in [-0.25, -0.2) is 0 Å². The molecule has 20 heavy (non-hydrogen) atoms. The van der Waals surface area contributed by atoms with Crippen LogP contribution in [0.4, 0.5) is 5.69 Å². The fourth-order valence-electron chi connectivity index (χ4n) is 2.40. The second kappa shape index (κ2) is 6.57. The number of hydrogen-bond acceptors (Lipinski definition) is 3. The zero-order valence-corrected chi connectivity index (χ0v) is 12.8. The topological polar surface area (TPSA) is 33.1 Å². The summed E-state index contributed by atoms with van der Waals surface area (Å²) in [6.07, 6.45) is 3.99. The van der Waals surface area contributed by atoms with Crippen molar-refractivity contribution in [3.63, 3.8) is 0 Å². The van der Waals surface area contributed by atoms with Gasteiger partial charge in [-0.3, -0.25) is 4.68 Å². The molecule has 2 rings (SSSR count). The second-order valence-electron chi connectivity index (χ2n) is 5.29. The van der Waals surface area contributed by atoms with Gasteiger partial charge in [-0.15, -0.1) is 0 Å². The van der Waals surface area contributed by atoms with Crippen LogP contribution in [0.15, 0.2) is 30.6 Å². The van der Waals surface area contributed by atoms with E-state index in [1.54, 1.807) is 0 Å². The lowest BCUT2D eigenvalue weighted by atomic mass is 10.1. The van der Waals surface area contributed by atoms with Crippen LogP contribution in [0.2, 0.25) is 0 Å². The van der Waals surface area contributed by atoms with Crippen LogP contribution in [-0.4, -0.2) is 23.4 Å². The molecule has 0 unspecified atom stereocenters. The minimum atomic E-state index is 0.871. The summed E-state index contributed by atoms with van der Waals surface area (Å²) in [6, 6.07) is 6.64. The standard InChI is InChI=1S/C16H24N4/c1-5-17-10-15-8-13(2)6-7-16(15)19(3)11-14-9-18-20(4)12-14/h6-9,12,17H,5,10-11H2,1-4H3. The predicted octanol–water partition coefficient (Wildman–Crippen LogP) is 2.47. The summed E-state index contributed by atoms with van der Waals surface area (Å²) in [5.74, 6) is 0. The number of nitrogens with zero attached hydrogens (tertiary/aromatic N) is 3. The van der Waals surface area contributed by atoms with E-state index in [0.717, 1.165) is 19.6 Å². The van der Waals surface area contributed by atoms with E-state index in [9.17, 15) is 0 Å². The smallest absolute Gasteiger partial charge is 0.0539 e. The Bertz CT molecular complexity index is 559. The molecule has 4 nitrogen and oxygen atoms in total. The SMILES string of the molecule is CCNCc1cc(C)ccc1N(C)Cc1cnn(C)c1. The van der Waals surface area contributed by atoms with E-state index in [2.05, 4.69) is 60.6 Å². The Kier molecular flexibility index (Phi) is 4.79. The van der Waals surface area contributed by atoms with Gasteiger partial charge in [0, 0.05) is 44.6 Å². The van der Waals surface area contributed by atoms with Crippen molar-refractivity contribution in [2.75, 3.05) is 18.5 Å². The Morgan fingerprint density at radius 3 is 2.80 bits per heavy atom. The van der Waals surface area contributed by atoms with Crippen LogP contribution in [-0.2, 0) is 20.1 Å². The number of benzene rings is 1. The molecule has 4 heteroatoms. The second-order valence-corrected chi connectivity index (χ2v) is 5.29. The number of aromatic nitrogens is 2. The van der Waals surface area contributed by atoms with Gasteiger partial charge in [-0.1, -0.05) is 24.6 Å². The van der Waals surface area contributed by atoms with E-state index >= 15 is 0 Å². The molecule has 0 aliphatic heterocycles. The van der Waals surface area contributed by atoms with Crippen molar-refractivity contribution in [3.05, 3.63) is 47.3 Å². The number of nitrogens with one attached hydrogen (secondary N) is 1. The molecule has 0 atom stereocenters. The third-order valence-electron chi connectivity index (χ3n) is 3.39. The summed E-state index contributed by atoms with van der Waals surface area (Å²) in [4.78, 5) is 2.28. The maximum atomic E-state index is 4.23. The summed E-state index contributed by atoms with van der Waals surface area (Å²) in [6.45, 7) is 7.04. The molecule has 1 aromatic carbocycles. The van der Waals surface area contributed by atoms with E-state index in [1.807, 2.05) is 17.9 Å². The van der Waals surface area contributed by atoms with Crippen LogP contribution in [0.3, 0.4) is 0 Å². The molecule has 1 heterocycles. The highest BCUT2D eigenvalue weighted by Crippen LogP contribution is 2.22. The molecular formula is C16H24N4.